The molecule has 0 aliphatic heterocycles. The second-order valence-electron chi connectivity index (χ2n) is 7.16. The van der Waals surface area contributed by atoms with Crippen molar-refractivity contribution in [2.24, 2.45) is 0 Å². The Kier molecular flexibility index (Phi) is 15.8. The molecule has 0 saturated heterocycles. The summed E-state index contributed by atoms with van der Waals surface area (Å²) in [5.41, 5.74) is 0. The molecule has 0 bridgehead atoms. The van der Waals surface area contributed by atoms with Gasteiger partial charge in [-0.15, -0.1) is 0 Å². The van der Waals surface area contributed by atoms with Gasteiger partial charge in [-0.3, -0.25) is 9.35 Å². The van der Waals surface area contributed by atoms with Gasteiger partial charge in [0.1, 0.15) is 0 Å². The van der Waals surface area contributed by atoms with Gasteiger partial charge in [0.15, 0.2) is 0 Å². The molecule has 26 heavy (non-hydrogen) atoms. The molecule has 0 heterocycles. The Hall–Kier alpha value is -0.880. The molecule has 1 amide bonds. The SMILES string of the molecule is C=CC(=O)NC(CCCCCCCC)CCCCCCCCS(=O)(=O)O. The lowest BCUT2D eigenvalue weighted by molar-refractivity contribution is -0.117. The Balaban J connectivity index is 3.82. The van der Waals surface area contributed by atoms with E-state index in [1.54, 1.807) is 0 Å². The average Bonchev–Trinajstić information content (AvgIpc) is 2.58. The van der Waals surface area contributed by atoms with Crippen LogP contribution in [0.5, 0.6) is 0 Å². The van der Waals surface area contributed by atoms with Crippen LogP contribution >= 0.6 is 0 Å². The van der Waals surface area contributed by atoms with Crippen molar-refractivity contribution in [3.8, 4) is 0 Å². The normalized spacial score (nSPS) is 12.7. The van der Waals surface area contributed by atoms with E-state index in [-0.39, 0.29) is 17.7 Å². The highest BCUT2D eigenvalue weighted by Gasteiger charge is 2.10. The van der Waals surface area contributed by atoms with Crippen LogP contribution in [0.3, 0.4) is 0 Å². The number of amides is 1. The van der Waals surface area contributed by atoms with Gasteiger partial charge >= 0.3 is 0 Å². The highest BCUT2D eigenvalue weighted by Crippen LogP contribution is 2.14. The molecule has 0 aromatic heterocycles. The van der Waals surface area contributed by atoms with Gasteiger partial charge in [0, 0.05) is 6.04 Å². The first-order chi connectivity index (χ1) is 12.4. The minimum absolute atomic E-state index is 0.0915. The molecular weight excluding hydrogens is 350 g/mol. The van der Waals surface area contributed by atoms with Gasteiger partial charge < -0.3 is 5.32 Å². The van der Waals surface area contributed by atoms with Gasteiger partial charge in [-0.05, 0) is 25.3 Å². The van der Waals surface area contributed by atoms with Crippen molar-refractivity contribution in [3.05, 3.63) is 12.7 Å². The summed E-state index contributed by atoms with van der Waals surface area (Å²) in [6.07, 6.45) is 16.4. The Morgan fingerprint density at radius 3 is 1.85 bits per heavy atom. The van der Waals surface area contributed by atoms with Crippen LogP contribution < -0.4 is 5.32 Å². The average molecular weight is 390 g/mol. The van der Waals surface area contributed by atoms with Crippen molar-refractivity contribution in [2.75, 3.05) is 5.75 Å². The smallest absolute Gasteiger partial charge is 0.264 e. The first kappa shape index (κ1) is 25.1. The molecule has 0 saturated carbocycles. The maximum Gasteiger partial charge on any atom is 0.264 e. The molecule has 5 nitrogen and oxygen atoms in total. The van der Waals surface area contributed by atoms with E-state index in [1.807, 2.05) is 0 Å². The van der Waals surface area contributed by atoms with Crippen molar-refractivity contribution in [2.45, 2.75) is 103 Å². The van der Waals surface area contributed by atoms with Crippen molar-refractivity contribution < 1.29 is 17.8 Å². The standard InChI is InChI=1S/C20H39NO4S/c1-3-5-6-7-10-13-16-19(21-20(22)4-2)17-14-11-8-9-12-15-18-26(23,24)25/h4,19H,2-3,5-18H2,1H3,(H,21,22)(H,23,24,25). The zero-order valence-electron chi connectivity index (χ0n) is 16.5. The summed E-state index contributed by atoms with van der Waals surface area (Å²) in [6.45, 7) is 5.74. The highest BCUT2D eigenvalue weighted by atomic mass is 32.2. The van der Waals surface area contributed by atoms with Crippen molar-refractivity contribution in [3.63, 3.8) is 0 Å². The fourth-order valence-electron chi connectivity index (χ4n) is 3.10. The number of carbonyl (C=O) groups is 1. The molecule has 0 radical (unpaired) electrons. The van der Waals surface area contributed by atoms with E-state index in [1.165, 1.54) is 38.2 Å². The molecule has 0 aliphatic carbocycles. The third-order valence-electron chi connectivity index (χ3n) is 4.64. The largest absolute Gasteiger partial charge is 0.350 e. The monoisotopic (exact) mass is 389 g/mol. The maximum absolute atomic E-state index is 11.6. The molecule has 0 rings (SSSR count). The van der Waals surface area contributed by atoms with Gasteiger partial charge in [0.05, 0.1) is 5.75 Å². The van der Waals surface area contributed by atoms with Crippen LogP contribution in [0.1, 0.15) is 96.8 Å². The fraction of sp³-hybridized carbons (Fsp3) is 0.850. The number of rotatable bonds is 18. The van der Waals surface area contributed by atoms with Crippen molar-refractivity contribution in [1.29, 1.82) is 0 Å². The van der Waals surface area contributed by atoms with Gasteiger partial charge in [-0.2, -0.15) is 8.42 Å². The lowest BCUT2D eigenvalue weighted by atomic mass is 10.00. The van der Waals surface area contributed by atoms with E-state index < -0.39 is 10.1 Å². The van der Waals surface area contributed by atoms with Crippen LogP contribution in [0.15, 0.2) is 12.7 Å². The van der Waals surface area contributed by atoms with Gasteiger partial charge in [0.2, 0.25) is 5.91 Å². The molecule has 1 unspecified atom stereocenters. The summed E-state index contributed by atoms with van der Waals surface area (Å²) >= 11 is 0. The molecule has 1 atom stereocenters. The Morgan fingerprint density at radius 2 is 1.38 bits per heavy atom. The summed E-state index contributed by atoms with van der Waals surface area (Å²) < 4.78 is 29.9. The second-order valence-corrected chi connectivity index (χ2v) is 8.73. The van der Waals surface area contributed by atoms with Gasteiger partial charge in [-0.25, -0.2) is 0 Å². The minimum atomic E-state index is -3.81. The van der Waals surface area contributed by atoms with E-state index in [2.05, 4.69) is 18.8 Å². The van der Waals surface area contributed by atoms with E-state index in [4.69, 9.17) is 4.55 Å². The predicted molar refractivity (Wildman–Crippen MR) is 109 cm³/mol. The van der Waals surface area contributed by atoms with Crippen LogP contribution in [0.2, 0.25) is 0 Å². The molecule has 2 N–H and O–H groups in total. The summed E-state index contributed by atoms with van der Waals surface area (Å²) in [5, 5.41) is 3.05. The first-order valence-electron chi connectivity index (χ1n) is 10.3. The summed E-state index contributed by atoms with van der Waals surface area (Å²) in [4.78, 5) is 11.6. The number of hydrogen-bond donors (Lipinski definition) is 2. The third kappa shape index (κ3) is 17.9. The van der Waals surface area contributed by atoms with Crippen LogP contribution in [-0.4, -0.2) is 30.7 Å². The number of nitrogens with one attached hydrogen (secondary N) is 1. The van der Waals surface area contributed by atoms with E-state index in [0.29, 0.717) is 6.42 Å². The minimum Gasteiger partial charge on any atom is -0.350 e. The van der Waals surface area contributed by atoms with Gasteiger partial charge in [-0.1, -0.05) is 84.1 Å². The van der Waals surface area contributed by atoms with Crippen molar-refractivity contribution in [1.82, 2.24) is 5.32 Å². The summed E-state index contributed by atoms with van der Waals surface area (Å²) in [5.74, 6) is -0.229. The highest BCUT2D eigenvalue weighted by molar-refractivity contribution is 7.85. The lowest BCUT2D eigenvalue weighted by Crippen LogP contribution is -2.33. The Labute approximate surface area is 160 Å². The third-order valence-corrected chi connectivity index (χ3v) is 5.45. The van der Waals surface area contributed by atoms with Crippen LogP contribution in [-0.2, 0) is 14.9 Å². The van der Waals surface area contributed by atoms with Gasteiger partial charge in [0.25, 0.3) is 10.1 Å². The molecule has 0 aromatic rings. The summed E-state index contributed by atoms with van der Waals surface area (Å²) in [7, 11) is -3.81. The van der Waals surface area contributed by atoms with E-state index >= 15 is 0 Å². The first-order valence-corrected chi connectivity index (χ1v) is 11.9. The van der Waals surface area contributed by atoms with E-state index in [0.717, 1.165) is 51.4 Å². The van der Waals surface area contributed by atoms with Crippen LogP contribution in [0.25, 0.3) is 0 Å². The fourth-order valence-corrected chi connectivity index (χ4v) is 3.67. The second kappa shape index (κ2) is 16.3. The molecule has 0 fully saturated rings. The molecule has 0 aliphatic rings. The quantitative estimate of drug-likeness (QED) is 0.196. The molecule has 154 valence electrons. The molecular formula is C20H39NO4S. The Morgan fingerprint density at radius 1 is 0.923 bits per heavy atom. The predicted octanol–water partition coefficient (Wildman–Crippen LogP) is 5.03. The molecule has 0 spiro atoms. The zero-order chi connectivity index (χ0) is 19.7. The molecule has 0 aromatic carbocycles. The van der Waals surface area contributed by atoms with Crippen LogP contribution in [0.4, 0.5) is 0 Å². The number of carbonyl (C=O) groups excluding carboxylic acids is 1. The number of hydrogen-bond acceptors (Lipinski definition) is 3. The topological polar surface area (TPSA) is 83.5 Å². The zero-order valence-corrected chi connectivity index (χ0v) is 17.4. The van der Waals surface area contributed by atoms with Crippen LogP contribution in [0, 0.1) is 0 Å². The summed E-state index contributed by atoms with van der Waals surface area (Å²) in [6, 6.07) is 0.228. The Bertz CT molecular complexity index is 462. The maximum atomic E-state index is 11.6. The molecule has 6 heteroatoms. The lowest BCUT2D eigenvalue weighted by Gasteiger charge is -2.18. The van der Waals surface area contributed by atoms with E-state index in [9.17, 15) is 13.2 Å². The van der Waals surface area contributed by atoms with Crippen molar-refractivity contribution >= 4 is 16.0 Å². The number of unbranched alkanes of at least 4 members (excludes halogenated alkanes) is 10.